The van der Waals surface area contributed by atoms with E-state index in [1.807, 2.05) is 0 Å². The van der Waals surface area contributed by atoms with E-state index in [1.165, 1.54) is 12.1 Å². The molecule has 1 amide bonds. The van der Waals surface area contributed by atoms with Crippen molar-refractivity contribution >= 4 is 5.91 Å². The van der Waals surface area contributed by atoms with Gasteiger partial charge in [-0.2, -0.15) is 5.10 Å². The van der Waals surface area contributed by atoms with Crippen LogP contribution in [0.4, 0.5) is 0 Å². The molecule has 1 saturated carbocycles. The second kappa shape index (κ2) is 5.52. The van der Waals surface area contributed by atoms with Crippen LogP contribution in [0.2, 0.25) is 0 Å². The molecule has 0 spiro atoms. The smallest absolute Gasteiger partial charge is 0.271 e. The molecule has 1 heterocycles. The average molecular weight is 265 g/mol. The summed E-state index contributed by atoms with van der Waals surface area (Å²) in [6.45, 7) is 2.39. The Kier molecular flexibility index (Phi) is 3.99. The van der Waals surface area contributed by atoms with E-state index in [9.17, 15) is 14.7 Å². The molecule has 1 aliphatic rings. The number of carbonyl (C=O) groups excluding carboxylic acids is 1. The largest absolute Gasteiger partial charge is 0.388 e. The lowest BCUT2D eigenvalue weighted by atomic mass is 9.79. The van der Waals surface area contributed by atoms with Gasteiger partial charge in [-0.3, -0.25) is 9.59 Å². The van der Waals surface area contributed by atoms with Crippen molar-refractivity contribution in [2.24, 2.45) is 5.92 Å². The van der Waals surface area contributed by atoms with E-state index in [0.717, 1.165) is 12.8 Å². The zero-order valence-electron chi connectivity index (χ0n) is 11.0. The van der Waals surface area contributed by atoms with Gasteiger partial charge in [0.05, 0.1) is 5.60 Å². The highest BCUT2D eigenvalue weighted by Crippen LogP contribution is 2.31. The van der Waals surface area contributed by atoms with Crippen molar-refractivity contribution in [3.8, 4) is 0 Å². The van der Waals surface area contributed by atoms with Gasteiger partial charge < -0.3 is 10.4 Å². The van der Waals surface area contributed by atoms with Crippen LogP contribution in [0.15, 0.2) is 16.9 Å². The van der Waals surface area contributed by atoms with Crippen LogP contribution in [0, 0.1) is 5.92 Å². The van der Waals surface area contributed by atoms with Crippen LogP contribution >= 0.6 is 0 Å². The van der Waals surface area contributed by atoms with Gasteiger partial charge in [-0.1, -0.05) is 6.92 Å². The summed E-state index contributed by atoms with van der Waals surface area (Å²) in [5, 5.41) is 18.9. The molecule has 1 aromatic heterocycles. The van der Waals surface area contributed by atoms with Crippen molar-refractivity contribution in [3.63, 3.8) is 0 Å². The van der Waals surface area contributed by atoms with Crippen LogP contribution in [0.1, 0.15) is 43.1 Å². The number of aromatic nitrogens is 2. The molecule has 104 valence electrons. The van der Waals surface area contributed by atoms with Crippen LogP contribution < -0.4 is 10.9 Å². The standard InChI is InChI=1S/C13H19N3O3/c1-9-4-6-13(19,7-5-9)8-14-12(18)10-2-3-11(17)16-15-10/h2-3,9,19H,4-8H2,1H3,(H,14,18)(H,16,17). The summed E-state index contributed by atoms with van der Waals surface area (Å²) in [5.41, 5.74) is -1.02. The number of aromatic amines is 1. The lowest BCUT2D eigenvalue weighted by molar-refractivity contribution is -0.00544. The minimum atomic E-state index is -0.815. The van der Waals surface area contributed by atoms with E-state index in [1.54, 1.807) is 0 Å². The fourth-order valence-corrected chi connectivity index (χ4v) is 2.28. The normalized spacial score (nSPS) is 26.9. The number of hydrogen-bond donors (Lipinski definition) is 3. The monoisotopic (exact) mass is 265 g/mol. The summed E-state index contributed by atoms with van der Waals surface area (Å²) in [7, 11) is 0. The van der Waals surface area contributed by atoms with E-state index < -0.39 is 5.60 Å². The molecule has 0 aromatic carbocycles. The minimum Gasteiger partial charge on any atom is -0.388 e. The number of H-pyrrole nitrogens is 1. The van der Waals surface area contributed by atoms with Crippen LogP contribution in [0.5, 0.6) is 0 Å². The van der Waals surface area contributed by atoms with Crippen molar-refractivity contribution in [2.45, 2.75) is 38.2 Å². The molecule has 6 nitrogen and oxygen atoms in total. The third-order valence-corrected chi connectivity index (χ3v) is 3.69. The molecule has 1 fully saturated rings. The first-order valence-corrected chi connectivity index (χ1v) is 6.55. The Bertz CT molecular complexity index is 484. The molecule has 0 bridgehead atoms. The number of rotatable bonds is 3. The van der Waals surface area contributed by atoms with Gasteiger partial charge in [0.25, 0.3) is 11.5 Å². The zero-order chi connectivity index (χ0) is 13.9. The first kappa shape index (κ1) is 13.7. The van der Waals surface area contributed by atoms with Crippen molar-refractivity contribution < 1.29 is 9.90 Å². The van der Waals surface area contributed by atoms with Gasteiger partial charge in [0.2, 0.25) is 0 Å². The Morgan fingerprint density at radius 3 is 2.79 bits per heavy atom. The first-order chi connectivity index (χ1) is 8.98. The molecule has 1 aliphatic carbocycles. The van der Waals surface area contributed by atoms with E-state index in [0.29, 0.717) is 18.8 Å². The van der Waals surface area contributed by atoms with E-state index in [4.69, 9.17) is 0 Å². The first-order valence-electron chi connectivity index (χ1n) is 6.55. The van der Waals surface area contributed by atoms with Gasteiger partial charge >= 0.3 is 0 Å². The predicted molar refractivity (Wildman–Crippen MR) is 69.8 cm³/mol. The maximum absolute atomic E-state index is 11.8. The molecular formula is C13H19N3O3. The maximum Gasteiger partial charge on any atom is 0.271 e. The van der Waals surface area contributed by atoms with Crippen molar-refractivity contribution in [3.05, 3.63) is 28.2 Å². The number of nitrogens with one attached hydrogen (secondary N) is 2. The Hall–Kier alpha value is -1.69. The van der Waals surface area contributed by atoms with Crippen molar-refractivity contribution in [2.75, 3.05) is 6.54 Å². The van der Waals surface area contributed by atoms with E-state index in [2.05, 4.69) is 22.4 Å². The summed E-state index contributed by atoms with van der Waals surface area (Å²) in [6, 6.07) is 2.61. The minimum absolute atomic E-state index is 0.146. The lowest BCUT2D eigenvalue weighted by Gasteiger charge is -2.34. The van der Waals surface area contributed by atoms with Crippen LogP contribution in [-0.2, 0) is 0 Å². The highest BCUT2D eigenvalue weighted by molar-refractivity contribution is 5.92. The molecule has 0 aliphatic heterocycles. The quantitative estimate of drug-likeness (QED) is 0.739. The van der Waals surface area contributed by atoms with E-state index in [-0.39, 0.29) is 23.7 Å². The summed E-state index contributed by atoms with van der Waals surface area (Å²) in [4.78, 5) is 22.6. The molecule has 19 heavy (non-hydrogen) atoms. The summed E-state index contributed by atoms with van der Waals surface area (Å²) >= 11 is 0. The van der Waals surface area contributed by atoms with Crippen LogP contribution in [0.3, 0.4) is 0 Å². The fourth-order valence-electron chi connectivity index (χ4n) is 2.28. The number of hydrogen-bond acceptors (Lipinski definition) is 4. The SMILES string of the molecule is CC1CCC(O)(CNC(=O)c2ccc(=O)[nH]n2)CC1. The van der Waals surface area contributed by atoms with Crippen LogP contribution in [-0.4, -0.2) is 33.4 Å². The second-order valence-corrected chi connectivity index (χ2v) is 5.40. The molecule has 3 N–H and O–H groups in total. The molecule has 6 heteroatoms. The summed E-state index contributed by atoms with van der Waals surface area (Å²) in [5.74, 6) is 0.250. The zero-order valence-corrected chi connectivity index (χ0v) is 11.0. The van der Waals surface area contributed by atoms with Gasteiger partial charge in [0, 0.05) is 12.6 Å². The Balaban J connectivity index is 1.89. The van der Waals surface area contributed by atoms with Crippen LogP contribution in [0.25, 0.3) is 0 Å². The molecule has 0 saturated heterocycles. The number of carbonyl (C=O) groups is 1. The molecule has 2 rings (SSSR count). The predicted octanol–water partition coefficient (Wildman–Crippen LogP) is 0.441. The lowest BCUT2D eigenvalue weighted by Crippen LogP contribution is -2.45. The van der Waals surface area contributed by atoms with Crippen molar-refractivity contribution in [1.29, 1.82) is 0 Å². The summed E-state index contributed by atoms with van der Waals surface area (Å²) < 4.78 is 0. The topological polar surface area (TPSA) is 95.1 Å². The van der Waals surface area contributed by atoms with Gasteiger partial charge in [0.1, 0.15) is 5.69 Å². The Labute approximate surface area is 111 Å². The second-order valence-electron chi connectivity index (χ2n) is 5.40. The maximum atomic E-state index is 11.8. The van der Waals surface area contributed by atoms with Crippen molar-refractivity contribution in [1.82, 2.24) is 15.5 Å². The molecule has 0 unspecified atom stereocenters. The van der Waals surface area contributed by atoms with Gasteiger partial charge in [-0.05, 0) is 37.7 Å². The number of amides is 1. The third kappa shape index (κ3) is 3.64. The van der Waals surface area contributed by atoms with Gasteiger partial charge in [0.15, 0.2) is 0 Å². The average Bonchev–Trinajstić information content (AvgIpc) is 2.41. The highest BCUT2D eigenvalue weighted by Gasteiger charge is 2.32. The third-order valence-electron chi connectivity index (χ3n) is 3.69. The Morgan fingerprint density at radius 2 is 2.21 bits per heavy atom. The molecule has 0 atom stereocenters. The molecule has 0 radical (unpaired) electrons. The molecule has 1 aromatic rings. The Morgan fingerprint density at radius 1 is 1.53 bits per heavy atom. The van der Waals surface area contributed by atoms with E-state index >= 15 is 0 Å². The fraction of sp³-hybridized carbons (Fsp3) is 0.615. The molecular weight excluding hydrogens is 246 g/mol. The summed E-state index contributed by atoms with van der Waals surface area (Å²) in [6.07, 6.45) is 3.35. The number of nitrogens with zero attached hydrogens (tertiary/aromatic N) is 1. The number of aliphatic hydroxyl groups is 1. The van der Waals surface area contributed by atoms with Gasteiger partial charge in [-0.15, -0.1) is 0 Å². The highest BCUT2D eigenvalue weighted by atomic mass is 16.3. The van der Waals surface area contributed by atoms with Gasteiger partial charge in [-0.25, -0.2) is 5.10 Å².